The van der Waals surface area contributed by atoms with Crippen molar-refractivity contribution in [1.29, 1.82) is 0 Å². The second-order valence-electron chi connectivity index (χ2n) is 3.68. The smallest absolute Gasteiger partial charge is 0.166 e. The quantitative estimate of drug-likeness (QED) is 0.774. The minimum Gasteiger partial charge on any atom is -0.393 e. The highest BCUT2D eigenvalue weighted by Gasteiger charge is 2.13. The van der Waals surface area contributed by atoms with Crippen LogP contribution in [0.5, 0.6) is 0 Å². The van der Waals surface area contributed by atoms with E-state index < -0.39 is 6.10 Å². The molecule has 4 nitrogen and oxygen atoms in total. The summed E-state index contributed by atoms with van der Waals surface area (Å²) >= 11 is 0. The van der Waals surface area contributed by atoms with E-state index in [1.165, 1.54) is 0 Å². The Morgan fingerprint density at radius 2 is 1.76 bits per heavy atom. The maximum absolute atomic E-state index is 10.7. The molecule has 0 saturated carbocycles. The van der Waals surface area contributed by atoms with E-state index in [0.29, 0.717) is 36.8 Å². The fourth-order valence-corrected chi connectivity index (χ4v) is 1.57. The molecule has 0 amide bonds. The number of aromatic nitrogens is 1. The van der Waals surface area contributed by atoms with Crippen LogP contribution in [0.25, 0.3) is 0 Å². The average Bonchev–Trinajstić information content (AvgIpc) is 2.65. The number of hydrogen-bond donors (Lipinski definition) is 2. The molecule has 0 aliphatic heterocycles. The summed E-state index contributed by atoms with van der Waals surface area (Å²) in [5, 5.41) is 9.16. The minimum absolute atomic E-state index is 0.404. The molecule has 4 heteroatoms. The molecule has 0 aliphatic rings. The van der Waals surface area contributed by atoms with E-state index in [1.54, 1.807) is 13.8 Å². The van der Waals surface area contributed by atoms with Gasteiger partial charge in [0.15, 0.2) is 12.6 Å². The molecular weight excluding hydrogens is 218 g/mol. The number of aromatic amines is 1. The van der Waals surface area contributed by atoms with Crippen LogP contribution in [0.15, 0.2) is 0 Å². The first-order chi connectivity index (χ1) is 8.10. The molecule has 0 fully saturated rings. The van der Waals surface area contributed by atoms with Crippen LogP contribution in [0.3, 0.4) is 0 Å². The Bertz CT molecular complexity index is 367. The third-order valence-corrected chi connectivity index (χ3v) is 2.50. The molecule has 0 saturated heterocycles. The Morgan fingerprint density at radius 1 is 1.24 bits per heavy atom. The summed E-state index contributed by atoms with van der Waals surface area (Å²) in [6.07, 6.45) is 2.18. The van der Waals surface area contributed by atoms with Crippen molar-refractivity contribution in [2.45, 2.75) is 46.6 Å². The number of nitrogens with one attached hydrogen (secondary N) is 1. The van der Waals surface area contributed by atoms with Crippen LogP contribution in [0, 0.1) is 6.92 Å². The van der Waals surface area contributed by atoms with Gasteiger partial charge >= 0.3 is 0 Å². The summed E-state index contributed by atoms with van der Waals surface area (Å²) in [5.41, 5.74) is 2.51. The summed E-state index contributed by atoms with van der Waals surface area (Å²) < 4.78 is 0. The van der Waals surface area contributed by atoms with Gasteiger partial charge in [-0.05, 0) is 37.8 Å². The largest absolute Gasteiger partial charge is 0.393 e. The highest BCUT2D eigenvalue weighted by Crippen LogP contribution is 2.18. The summed E-state index contributed by atoms with van der Waals surface area (Å²) in [5.74, 6) is 0. The fourth-order valence-electron chi connectivity index (χ4n) is 1.57. The van der Waals surface area contributed by atoms with Crippen molar-refractivity contribution >= 4 is 12.6 Å². The maximum atomic E-state index is 10.7. The number of H-pyrrole nitrogens is 1. The van der Waals surface area contributed by atoms with Gasteiger partial charge < -0.3 is 10.1 Å². The molecule has 1 aromatic rings. The average molecular weight is 239 g/mol. The highest BCUT2D eigenvalue weighted by atomic mass is 16.3. The molecule has 0 unspecified atom stereocenters. The second kappa shape index (κ2) is 7.79. The van der Waals surface area contributed by atoms with Gasteiger partial charge in [0.25, 0.3) is 0 Å². The van der Waals surface area contributed by atoms with Crippen molar-refractivity contribution in [1.82, 2.24) is 4.98 Å². The predicted octanol–water partition coefficient (Wildman–Crippen LogP) is 2.29. The number of carbonyl (C=O) groups excluding carboxylic acids is 2. The zero-order valence-corrected chi connectivity index (χ0v) is 10.9. The molecule has 0 spiro atoms. The van der Waals surface area contributed by atoms with Crippen LogP contribution in [0.1, 0.15) is 59.3 Å². The lowest BCUT2D eigenvalue weighted by Gasteiger charge is -2.04. The monoisotopic (exact) mass is 239 g/mol. The van der Waals surface area contributed by atoms with Gasteiger partial charge in [0.05, 0.1) is 17.5 Å². The number of rotatable bonds is 5. The van der Waals surface area contributed by atoms with E-state index in [0.717, 1.165) is 11.1 Å². The van der Waals surface area contributed by atoms with Crippen LogP contribution < -0.4 is 0 Å². The van der Waals surface area contributed by atoms with Crippen molar-refractivity contribution in [2.75, 3.05) is 0 Å². The van der Waals surface area contributed by atoms with Gasteiger partial charge in [-0.25, -0.2) is 0 Å². The molecule has 2 N–H and O–H groups in total. The molecule has 0 aromatic carbocycles. The lowest BCUT2D eigenvalue weighted by Crippen LogP contribution is -2.03. The zero-order chi connectivity index (χ0) is 13.4. The first kappa shape index (κ1) is 15.6. The molecule has 0 aliphatic carbocycles. The van der Waals surface area contributed by atoms with E-state index in [2.05, 4.69) is 4.98 Å². The van der Waals surface area contributed by atoms with Gasteiger partial charge in [-0.15, -0.1) is 0 Å². The van der Waals surface area contributed by atoms with Gasteiger partial charge in [-0.1, -0.05) is 13.8 Å². The Balaban J connectivity index is 0.00000121. The molecule has 96 valence electrons. The van der Waals surface area contributed by atoms with Crippen molar-refractivity contribution in [2.24, 2.45) is 0 Å². The lowest BCUT2D eigenvalue weighted by atomic mass is 10.0. The number of carbonyl (C=O) groups is 2. The molecule has 1 rings (SSSR count). The molecule has 1 aromatic heterocycles. The predicted molar refractivity (Wildman–Crippen MR) is 67.7 cm³/mol. The van der Waals surface area contributed by atoms with E-state index in [9.17, 15) is 9.59 Å². The normalized spacial score (nSPS) is 11.4. The third-order valence-electron chi connectivity index (χ3n) is 2.50. The van der Waals surface area contributed by atoms with Crippen molar-refractivity contribution in [3.63, 3.8) is 0 Å². The highest BCUT2D eigenvalue weighted by molar-refractivity contribution is 5.83. The third kappa shape index (κ3) is 4.15. The van der Waals surface area contributed by atoms with Gasteiger partial charge in [0.1, 0.15) is 0 Å². The van der Waals surface area contributed by atoms with E-state index in [4.69, 9.17) is 5.11 Å². The van der Waals surface area contributed by atoms with E-state index in [1.807, 2.05) is 13.8 Å². The van der Waals surface area contributed by atoms with Crippen LogP contribution in [-0.4, -0.2) is 28.8 Å². The van der Waals surface area contributed by atoms with Crippen LogP contribution >= 0.6 is 0 Å². The van der Waals surface area contributed by atoms with Gasteiger partial charge in [0, 0.05) is 0 Å². The van der Waals surface area contributed by atoms with Crippen molar-refractivity contribution in [3.05, 3.63) is 22.5 Å². The Hall–Kier alpha value is -1.42. The summed E-state index contributed by atoms with van der Waals surface area (Å²) in [7, 11) is 0. The van der Waals surface area contributed by atoms with Gasteiger partial charge in [-0.2, -0.15) is 0 Å². The number of aliphatic hydroxyl groups excluding tert-OH is 1. The molecule has 0 radical (unpaired) electrons. The summed E-state index contributed by atoms with van der Waals surface area (Å²) in [6, 6.07) is 0. The maximum Gasteiger partial charge on any atom is 0.166 e. The van der Waals surface area contributed by atoms with Crippen molar-refractivity contribution in [3.8, 4) is 0 Å². The Morgan fingerprint density at radius 3 is 2.18 bits per heavy atom. The van der Waals surface area contributed by atoms with Crippen LogP contribution in [0.2, 0.25) is 0 Å². The van der Waals surface area contributed by atoms with Gasteiger partial charge in [0.2, 0.25) is 0 Å². The SMILES string of the molecule is CC.Cc1c(C=O)[nH]c(C=O)c1CC[C@H](C)O. The van der Waals surface area contributed by atoms with Crippen LogP contribution in [0.4, 0.5) is 0 Å². The molecular formula is C13H21NO3. The number of aliphatic hydroxyl groups is 1. The summed E-state index contributed by atoms with van der Waals surface area (Å²) in [6.45, 7) is 7.49. The Kier molecular flexibility index (Phi) is 7.14. The lowest BCUT2D eigenvalue weighted by molar-refractivity contribution is 0.111. The number of hydrogen-bond acceptors (Lipinski definition) is 3. The van der Waals surface area contributed by atoms with Crippen LogP contribution in [-0.2, 0) is 6.42 Å². The second-order valence-corrected chi connectivity index (χ2v) is 3.68. The van der Waals surface area contributed by atoms with Gasteiger partial charge in [-0.3, -0.25) is 9.59 Å². The zero-order valence-electron chi connectivity index (χ0n) is 10.9. The first-order valence-corrected chi connectivity index (χ1v) is 5.90. The van der Waals surface area contributed by atoms with Crippen molar-refractivity contribution < 1.29 is 14.7 Å². The molecule has 0 bridgehead atoms. The summed E-state index contributed by atoms with van der Waals surface area (Å²) in [4.78, 5) is 24.1. The topological polar surface area (TPSA) is 70.2 Å². The molecule has 17 heavy (non-hydrogen) atoms. The van der Waals surface area contributed by atoms with E-state index >= 15 is 0 Å². The van der Waals surface area contributed by atoms with E-state index in [-0.39, 0.29) is 0 Å². The molecule has 1 atom stereocenters. The Labute approximate surface area is 102 Å². The fraction of sp³-hybridized carbons (Fsp3) is 0.538. The standard InChI is InChI=1S/C11H15NO3.C2H6/c1-7(15)3-4-9-8(2)10(5-13)12-11(9)6-14;1-2/h5-7,12,15H,3-4H2,1-2H3;1-2H3/t7-;/m0./s1. The molecule has 1 heterocycles. The first-order valence-electron chi connectivity index (χ1n) is 5.90. The minimum atomic E-state index is -0.404. The number of aldehydes is 2.